The predicted molar refractivity (Wildman–Crippen MR) is 184 cm³/mol. The molecular weight excluding hydrogens is 739 g/mol. The maximum Gasteiger partial charge on any atom is 0.416 e. The maximum atomic E-state index is 14.1. The molecule has 0 radical (unpaired) electrons. The first-order chi connectivity index (χ1) is 24.8. The van der Waals surface area contributed by atoms with Crippen molar-refractivity contribution < 1.29 is 54.2 Å². The van der Waals surface area contributed by atoms with Crippen molar-refractivity contribution in [2.45, 2.75) is 77.1 Å². The van der Waals surface area contributed by atoms with Crippen molar-refractivity contribution >= 4 is 29.4 Å². The molecule has 17 heteroatoms. The summed E-state index contributed by atoms with van der Waals surface area (Å²) in [6, 6.07) is 3.04. The number of ether oxygens (including phenoxy) is 1. The van der Waals surface area contributed by atoms with Crippen molar-refractivity contribution in [3.63, 3.8) is 0 Å². The molecule has 53 heavy (non-hydrogen) atoms. The van der Waals surface area contributed by atoms with Gasteiger partial charge in [-0.05, 0) is 105 Å². The highest BCUT2D eigenvalue weighted by atomic mass is 32.2. The lowest BCUT2D eigenvalue weighted by Gasteiger charge is -2.36. The molecule has 1 aliphatic carbocycles. The van der Waals surface area contributed by atoms with E-state index in [0.29, 0.717) is 69.0 Å². The highest BCUT2D eigenvalue weighted by Gasteiger charge is 2.38. The van der Waals surface area contributed by atoms with Gasteiger partial charge >= 0.3 is 24.5 Å². The molecule has 4 rings (SSSR count). The third kappa shape index (κ3) is 11.5. The smallest absolute Gasteiger partial charge is 0.416 e. The van der Waals surface area contributed by atoms with Gasteiger partial charge in [0.15, 0.2) is 5.75 Å². The van der Waals surface area contributed by atoms with Gasteiger partial charge in [0.05, 0.1) is 41.7 Å². The highest BCUT2D eigenvalue weighted by Crippen LogP contribution is 2.41. The van der Waals surface area contributed by atoms with E-state index in [9.17, 15) is 49.4 Å². The van der Waals surface area contributed by atoms with Crippen LogP contribution in [0.25, 0.3) is 0 Å². The van der Waals surface area contributed by atoms with Gasteiger partial charge in [0.1, 0.15) is 0 Å². The molecule has 3 aromatic rings. The Morgan fingerprint density at radius 3 is 1.96 bits per heavy atom. The van der Waals surface area contributed by atoms with Crippen LogP contribution in [0.3, 0.4) is 0 Å². The van der Waals surface area contributed by atoms with Crippen LogP contribution in [0.15, 0.2) is 48.8 Å². The van der Waals surface area contributed by atoms with Crippen LogP contribution in [0.5, 0.6) is 5.75 Å². The second-order valence-electron chi connectivity index (χ2n) is 13.1. The van der Waals surface area contributed by atoms with Gasteiger partial charge in [0.2, 0.25) is 5.95 Å². The number of halogens is 9. The van der Waals surface area contributed by atoms with E-state index in [2.05, 4.69) is 9.97 Å². The number of aromatic nitrogens is 2. The van der Waals surface area contributed by atoms with E-state index < -0.39 is 59.3 Å². The molecule has 0 unspecified atom stereocenters. The van der Waals surface area contributed by atoms with Gasteiger partial charge in [0.25, 0.3) is 0 Å². The van der Waals surface area contributed by atoms with E-state index in [1.54, 1.807) is 0 Å². The summed E-state index contributed by atoms with van der Waals surface area (Å²) >= 11 is 1.52. The molecule has 1 aliphatic rings. The standard InChI is InChI=1S/C36H41F9N4O3S/c1-4-48(20-24-7-5-23(6-8-24)13-32(50)51)31-10-9-27(34(37,38)39)16-26(31)21-49(33-46-18-30(19-47-33)52-11-12-53-3)22(2)25-14-28(35(40,41)42)17-29(15-25)36(43,44)45/h9-10,14-19,22-24H,4-8,11-13,20-21H2,1-3H3,(H,50,51)/t22-,23-,24-/m1/s1. The molecule has 1 N–H and O–H groups in total. The minimum atomic E-state index is -5.13. The lowest BCUT2D eigenvalue weighted by Crippen LogP contribution is -2.34. The van der Waals surface area contributed by atoms with Crippen LogP contribution < -0.4 is 14.5 Å². The number of rotatable bonds is 15. The van der Waals surface area contributed by atoms with Gasteiger partial charge in [-0.25, -0.2) is 9.97 Å². The normalized spacial score (nSPS) is 17.4. The molecule has 0 aliphatic heterocycles. The Morgan fingerprint density at radius 1 is 0.887 bits per heavy atom. The first-order valence-corrected chi connectivity index (χ1v) is 18.4. The predicted octanol–water partition coefficient (Wildman–Crippen LogP) is 10.1. The molecule has 2 aromatic carbocycles. The van der Waals surface area contributed by atoms with E-state index in [1.807, 2.05) is 18.1 Å². The Morgan fingerprint density at radius 2 is 1.45 bits per heavy atom. The number of aliphatic carboxylic acids is 1. The Bertz CT molecular complexity index is 1630. The number of carboxylic acids is 1. The average molecular weight is 781 g/mol. The number of carboxylic acid groups (broad SMARTS) is 1. The Hall–Kier alpha value is -3.89. The van der Waals surface area contributed by atoms with Gasteiger partial charge in [-0.3, -0.25) is 4.79 Å². The van der Waals surface area contributed by atoms with Crippen LogP contribution in [0.4, 0.5) is 51.1 Å². The van der Waals surface area contributed by atoms with Crippen molar-refractivity contribution in [3.8, 4) is 5.75 Å². The average Bonchev–Trinajstić information content (AvgIpc) is 3.09. The molecule has 0 spiro atoms. The molecule has 0 amide bonds. The van der Waals surface area contributed by atoms with Gasteiger partial charge in [-0.2, -0.15) is 51.3 Å². The summed E-state index contributed by atoms with van der Waals surface area (Å²) in [6.07, 6.45) is -7.74. The summed E-state index contributed by atoms with van der Waals surface area (Å²) in [5.41, 5.74) is -3.99. The number of benzene rings is 2. The molecule has 0 bridgehead atoms. The Kier molecular flexibility index (Phi) is 13.8. The fourth-order valence-corrected chi connectivity index (χ4v) is 6.76. The van der Waals surface area contributed by atoms with Crippen LogP contribution in [0.1, 0.15) is 79.8 Å². The molecule has 1 heterocycles. The van der Waals surface area contributed by atoms with Gasteiger partial charge in [-0.15, -0.1) is 0 Å². The molecule has 1 atom stereocenters. The lowest BCUT2D eigenvalue weighted by atomic mass is 9.80. The minimum absolute atomic E-state index is 0.0109. The SMILES string of the molecule is CCN(C[C@H]1CC[C@H](CC(=O)O)CC1)c1ccc(C(F)(F)F)cc1CN(c1ncc(OCCSC)cn1)[C@H](C)c1cc(C(F)(F)F)cc(C(F)(F)F)c1. The summed E-state index contributed by atoms with van der Waals surface area (Å²) in [5, 5.41) is 9.19. The second kappa shape index (κ2) is 17.5. The van der Waals surface area contributed by atoms with E-state index in [-0.39, 0.29) is 41.6 Å². The number of carbonyl (C=O) groups is 1. The fraction of sp³-hybridized carbons (Fsp3) is 0.528. The van der Waals surface area contributed by atoms with E-state index in [4.69, 9.17) is 4.74 Å². The maximum absolute atomic E-state index is 14.1. The van der Waals surface area contributed by atoms with E-state index in [0.717, 1.165) is 12.1 Å². The zero-order chi connectivity index (χ0) is 39.1. The van der Waals surface area contributed by atoms with Crippen LogP contribution in [0, 0.1) is 11.8 Å². The Balaban J connectivity index is 1.80. The largest absolute Gasteiger partial charge is 0.489 e. The van der Waals surface area contributed by atoms with Crippen LogP contribution >= 0.6 is 11.8 Å². The van der Waals surface area contributed by atoms with Gasteiger partial charge in [-0.1, -0.05) is 0 Å². The molecule has 1 saturated carbocycles. The van der Waals surface area contributed by atoms with E-state index in [1.165, 1.54) is 42.0 Å². The van der Waals surface area contributed by atoms with Crippen molar-refractivity contribution in [2.75, 3.05) is 41.5 Å². The van der Waals surface area contributed by atoms with Crippen molar-refractivity contribution in [3.05, 3.63) is 76.6 Å². The first-order valence-electron chi connectivity index (χ1n) is 17.0. The number of alkyl halides is 9. The minimum Gasteiger partial charge on any atom is -0.489 e. The number of hydrogen-bond donors (Lipinski definition) is 1. The molecule has 0 saturated heterocycles. The van der Waals surface area contributed by atoms with Gasteiger partial charge < -0.3 is 19.6 Å². The fourth-order valence-electron chi connectivity index (χ4n) is 6.51. The van der Waals surface area contributed by atoms with Crippen LogP contribution in [0.2, 0.25) is 0 Å². The second-order valence-corrected chi connectivity index (χ2v) is 14.1. The van der Waals surface area contributed by atoms with E-state index >= 15 is 0 Å². The summed E-state index contributed by atoms with van der Waals surface area (Å²) in [5.74, 6) is -0.0200. The van der Waals surface area contributed by atoms with Crippen molar-refractivity contribution in [1.82, 2.24) is 9.97 Å². The van der Waals surface area contributed by atoms with Crippen molar-refractivity contribution in [1.29, 1.82) is 0 Å². The molecule has 1 fully saturated rings. The molecule has 7 nitrogen and oxygen atoms in total. The topological polar surface area (TPSA) is 78.8 Å². The number of nitrogens with zero attached hydrogens (tertiary/aromatic N) is 4. The number of anilines is 2. The number of hydrogen-bond acceptors (Lipinski definition) is 7. The molecular formula is C36H41F9N4O3S. The summed E-state index contributed by atoms with van der Waals surface area (Å²) in [6.45, 7) is 3.83. The third-order valence-electron chi connectivity index (χ3n) is 9.37. The zero-order valence-electron chi connectivity index (χ0n) is 29.3. The third-order valence-corrected chi connectivity index (χ3v) is 9.94. The summed E-state index contributed by atoms with van der Waals surface area (Å²) < 4.78 is 131. The molecule has 1 aromatic heterocycles. The van der Waals surface area contributed by atoms with Crippen LogP contribution in [-0.2, 0) is 29.9 Å². The lowest BCUT2D eigenvalue weighted by molar-refractivity contribution is -0.143. The summed E-state index contributed by atoms with van der Waals surface area (Å²) in [7, 11) is 0. The number of thioether (sulfide) groups is 1. The van der Waals surface area contributed by atoms with Crippen LogP contribution in [-0.4, -0.2) is 52.7 Å². The monoisotopic (exact) mass is 780 g/mol. The zero-order valence-corrected chi connectivity index (χ0v) is 30.1. The molecule has 292 valence electrons. The summed E-state index contributed by atoms with van der Waals surface area (Å²) in [4.78, 5) is 22.9. The highest BCUT2D eigenvalue weighted by molar-refractivity contribution is 7.98. The quantitative estimate of drug-likeness (QED) is 0.121. The van der Waals surface area contributed by atoms with Crippen molar-refractivity contribution in [2.24, 2.45) is 11.8 Å². The first kappa shape index (κ1) is 41.9. The van der Waals surface area contributed by atoms with Gasteiger partial charge in [0, 0.05) is 37.5 Å². The Labute approximate surface area is 305 Å².